The van der Waals surface area contributed by atoms with Gasteiger partial charge in [-0.15, -0.1) is 0 Å². The van der Waals surface area contributed by atoms with Gasteiger partial charge in [-0.2, -0.15) is 0 Å². The van der Waals surface area contributed by atoms with E-state index in [9.17, 15) is 9.90 Å². The third-order valence-corrected chi connectivity index (χ3v) is 3.53. The highest BCUT2D eigenvalue weighted by Gasteiger charge is 2.20. The molecular formula is C14H16ClNO2. The Morgan fingerprint density at radius 1 is 1.44 bits per heavy atom. The number of carboxylic acid groups (broad SMARTS) is 1. The molecule has 1 aromatic heterocycles. The van der Waals surface area contributed by atoms with Crippen molar-refractivity contribution in [3.05, 3.63) is 34.5 Å². The van der Waals surface area contributed by atoms with Gasteiger partial charge in [-0.05, 0) is 25.0 Å². The first-order valence-corrected chi connectivity index (χ1v) is 6.46. The minimum atomic E-state index is -0.893. The number of halogens is 1. The van der Waals surface area contributed by atoms with E-state index in [4.69, 9.17) is 11.6 Å². The molecule has 1 aromatic carbocycles. The van der Waals surface area contributed by atoms with Crippen LogP contribution in [0.5, 0.6) is 0 Å². The molecule has 1 N–H and O–H groups in total. The molecule has 0 saturated carbocycles. The summed E-state index contributed by atoms with van der Waals surface area (Å²) in [7, 11) is 0. The molecule has 0 unspecified atom stereocenters. The SMILES string of the molecule is CCCCn1c(C(=O)O)c(C)c2cccc(Cl)c21. The number of hydrogen-bond donors (Lipinski definition) is 1. The maximum absolute atomic E-state index is 11.4. The number of aromatic nitrogens is 1. The van der Waals surface area contributed by atoms with Crippen molar-refractivity contribution in [1.82, 2.24) is 4.57 Å². The molecule has 0 atom stereocenters. The minimum absolute atomic E-state index is 0.353. The van der Waals surface area contributed by atoms with Crippen LogP contribution in [-0.2, 0) is 6.54 Å². The van der Waals surface area contributed by atoms with Gasteiger partial charge >= 0.3 is 5.97 Å². The zero-order chi connectivity index (χ0) is 13.3. The maximum Gasteiger partial charge on any atom is 0.352 e. The van der Waals surface area contributed by atoms with Crippen molar-refractivity contribution in [3.63, 3.8) is 0 Å². The van der Waals surface area contributed by atoms with Crippen LogP contribution in [0.4, 0.5) is 0 Å². The molecule has 0 bridgehead atoms. The van der Waals surface area contributed by atoms with Gasteiger partial charge in [0.1, 0.15) is 5.69 Å². The molecule has 0 aliphatic rings. The highest BCUT2D eigenvalue weighted by atomic mass is 35.5. The Balaban J connectivity index is 2.76. The number of nitrogens with zero attached hydrogens (tertiary/aromatic N) is 1. The zero-order valence-electron chi connectivity index (χ0n) is 10.5. The van der Waals surface area contributed by atoms with Crippen LogP contribution in [0, 0.1) is 6.92 Å². The number of unbranched alkanes of at least 4 members (excludes halogenated alkanes) is 1. The van der Waals surface area contributed by atoms with Crippen molar-refractivity contribution in [3.8, 4) is 0 Å². The number of carboxylic acids is 1. The number of carbonyl (C=O) groups is 1. The zero-order valence-corrected chi connectivity index (χ0v) is 11.3. The molecule has 96 valence electrons. The van der Waals surface area contributed by atoms with Crippen molar-refractivity contribution >= 4 is 28.5 Å². The number of aromatic carboxylic acids is 1. The average molecular weight is 266 g/mol. The van der Waals surface area contributed by atoms with Gasteiger partial charge in [-0.1, -0.05) is 37.1 Å². The largest absolute Gasteiger partial charge is 0.477 e. The van der Waals surface area contributed by atoms with Gasteiger partial charge in [0.25, 0.3) is 0 Å². The molecule has 0 aliphatic carbocycles. The second-order valence-corrected chi connectivity index (χ2v) is 4.83. The lowest BCUT2D eigenvalue weighted by atomic mass is 10.1. The summed E-state index contributed by atoms with van der Waals surface area (Å²) < 4.78 is 1.83. The number of rotatable bonds is 4. The van der Waals surface area contributed by atoms with Crippen molar-refractivity contribution in [2.45, 2.75) is 33.2 Å². The third-order valence-electron chi connectivity index (χ3n) is 3.22. The van der Waals surface area contributed by atoms with Gasteiger partial charge in [0.2, 0.25) is 0 Å². The Morgan fingerprint density at radius 2 is 2.17 bits per heavy atom. The summed E-state index contributed by atoms with van der Waals surface area (Å²) >= 11 is 6.22. The summed E-state index contributed by atoms with van der Waals surface area (Å²) in [6, 6.07) is 5.58. The molecule has 0 saturated heterocycles. The molecule has 0 amide bonds. The fraction of sp³-hybridized carbons (Fsp3) is 0.357. The lowest BCUT2D eigenvalue weighted by molar-refractivity contribution is 0.0684. The van der Waals surface area contributed by atoms with E-state index in [1.165, 1.54) is 0 Å². The molecule has 4 heteroatoms. The lowest BCUT2D eigenvalue weighted by Gasteiger charge is -2.08. The number of para-hydroxylation sites is 1. The standard InChI is InChI=1S/C14H16ClNO2/c1-3-4-8-16-12(14(17)18)9(2)10-6-5-7-11(15)13(10)16/h5-7H,3-4,8H2,1-2H3,(H,17,18). The second kappa shape index (κ2) is 5.02. The maximum atomic E-state index is 11.4. The summed E-state index contributed by atoms with van der Waals surface area (Å²) in [6.45, 7) is 4.61. The summed E-state index contributed by atoms with van der Waals surface area (Å²) in [6.07, 6.45) is 1.96. The van der Waals surface area contributed by atoms with Gasteiger partial charge in [0.15, 0.2) is 0 Å². The Kier molecular flexibility index (Phi) is 3.62. The quantitative estimate of drug-likeness (QED) is 0.904. The van der Waals surface area contributed by atoms with Crippen LogP contribution in [0.15, 0.2) is 18.2 Å². The second-order valence-electron chi connectivity index (χ2n) is 4.42. The number of aryl methyl sites for hydroxylation is 2. The van der Waals surface area contributed by atoms with Gasteiger partial charge in [0, 0.05) is 11.9 Å². The Morgan fingerprint density at radius 3 is 2.78 bits per heavy atom. The molecule has 2 aromatic rings. The van der Waals surface area contributed by atoms with E-state index >= 15 is 0 Å². The molecule has 0 aliphatic heterocycles. The summed E-state index contributed by atoms with van der Waals surface area (Å²) in [4.78, 5) is 11.4. The van der Waals surface area contributed by atoms with Gasteiger partial charge in [-0.3, -0.25) is 0 Å². The molecular weight excluding hydrogens is 250 g/mol. The van der Waals surface area contributed by atoms with Gasteiger partial charge in [0.05, 0.1) is 10.5 Å². The first kappa shape index (κ1) is 13.0. The molecule has 2 rings (SSSR count). The normalized spacial score (nSPS) is 11.1. The average Bonchev–Trinajstić information content (AvgIpc) is 2.61. The van der Waals surface area contributed by atoms with Crippen molar-refractivity contribution in [2.24, 2.45) is 0 Å². The van der Waals surface area contributed by atoms with Gasteiger partial charge < -0.3 is 9.67 Å². The highest BCUT2D eigenvalue weighted by Crippen LogP contribution is 2.31. The van der Waals surface area contributed by atoms with E-state index < -0.39 is 5.97 Å². The van der Waals surface area contributed by atoms with E-state index in [2.05, 4.69) is 6.92 Å². The number of benzene rings is 1. The Hall–Kier alpha value is -1.48. The van der Waals surface area contributed by atoms with Crippen LogP contribution in [-0.4, -0.2) is 15.6 Å². The predicted octanol–water partition coefficient (Wildman–Crippen LogP) is 4.10. The van der Waals surface area contributed by atoms with Crippen LogP contribution >= 0.6 is 11.6 Å². The van der Waals surface area contributed by atoms with E-state index in [0.717, 1.165) is 29.3 Å². The number of hydrogen-bond acceptors (Lipinski definition) is 1. The summed E-state index contributed by atoms with van der Waals surface area (Å²) in [5, 5.41) is 10.9. The Labute approximate surface area is 111 Å². The van der Waals surface area contributed by atoms with E-state index in [-0.39, 0.29) is 0 Å². The highest BCUT2D eigenvalue weighted by molar-refractivity contribution is 6.35. The van der Waals surface area contributed by atoms with E-state index in [1.54, 1.807) is 6.07 Å². The van der Waals surface area contributed by atoms with Crippen LogP contribution in [0.1, 0.15) is 35.8 Å². The van der Waals surface area contributed by atoms with E-state index in [1.807, 2.05) is 23.6 Å². The van der Waals surface area contributed by atoms with Crippen LogP contribution in [0.2, 0.25) is 5.02 Å². The molecule has 0 radical (unpaired) electrons. The minimum Gasteiger partial charge on any atom is -0.477 e. The Bertz CT molecular complexity index is 601. The third kappa shape index (κ3) is 1.99. The van der Waals surface area contributed by atoms with Crippen LogP contribution in [0.25, 0.3) is 10.9 Å². The molecule has 3 nitrogen and oxygen atoms in total. The fourth-order valence-corrected chi connectivity index (χ4v) is 2.63. The predicted molar refractivity (Wildman–Crippen MR) is 73.6 cm³/mol. The first-order chi connectivity index (χ1) is 8.57. The van der Waals surface area contributed by atoms with Crippen molar-refractivity contribution in [1.29, 1.82) is 0 Å². The van der Waals surface area contributed by atoms with Crippen LogP contribution in [0.3, 0.4) is 0 Å². The topological polar surface area (TPSA) is 42.2 Å². The summed E-state index contributed by atoms with van der Waals surface area (Å²) in [5.41, 5.74) is 1.98. The molecule has 18 heavy (non-hydrogen) atoms. The van der Waals surface area contributed by atoms with Crippen molar-refractivity contribution < 1.29 is 9.90 Å². The van der Waals surface area contributed by atoms with Gasteiger partial charge in [-0.25, -0.2) is 4.79 Å². The monoisotopic (exact) mass is 265 g/mol. The number of fused-ring (bicyclic) bond motifs is 1. The van der Waals surface area contributed by atoms with Crippen molar-refractivity contribution in [2.75, 3.05) is 0 Å². The lowest BCUT2D eigenvalue weighted by Crippen LogP contribution is -2.09. The fourth-order valence-electron chi connectivity index (χ4n) is 2.35. The molecule has 1 heterocycles. The van der Waals surface area contributed by atoms with E-state index in [0.29, 0.717) is 17.3 Å². The smallest absolute Gasteiger partial charge is 0.352 e. The summed E-state index contributed by atoms with van der Waals surface area (Å²) in [5.74, 6) is -0.893. The molecule has 0 spiro atoms. The first-order valence-electron chi connectivity index (χ1n) is 6.08. The molecule has 0 fully saturated rings. The van der Waals surface area contributed by atoms with Crippen LogP contribution < -0.4 is 0 Å².